The van der Waals surface area contributed by atoms with Crippen LogP contribution in [0.4, 0.5) is 0 Å². The maximum atomic E-state index is 12.6. The highest BCUT2D eigenvalue weighted by molar-refractivity contribution is 5.99. The largest absolute Gasteiger partial charge is 0.396 e. The molecule has 1 atom stereocenters. The van der Waals surface area contributed by atoms with Crippen LogP contribution in [0, 0.1) is 5.92 Å². The van der Waals surface area contributed by atoms with E-state index in [2.05, 4.69) is 10.3 Å². The van der Waals surface area contributed by atoms with Gasteiger partial charge in [0.25, 0.3) is 5.91 Å². The number of fused-ring (bicyclic) bond motifs is 3. The van der Waals surface area contributed by atoms with Gasteiger partial charge in [0.2, 0.25) is 0 Å². The third-order valence-corrected chi connectivity index (χ3v) is 5.31. The first-order chi connectivity index (χ1) is 11.3. The number of carbonyl (C=O) groups is 1. The molecule has 1 saturated carbocycles. The van der Waals surface area contributed by atoms with E-state index in [4.69, 9.17) is 0 Å². The van der Waals surface area contributed by atoms with Gasteiger partial charge in [-0.25, -0.2) is 0 Å². The number of rotatable bonds is 5. The van der Waals surface area contributed by atoms with Crippen molar-refractivity contribution < 1.29 is 9.90 Å². The minimum atomic E-state index is -0.0111. The minimum absolute atomic E-state index is 0.0111. The molecule has 4 rings (SSSR count). The van der Waals surface area contributed by atoms with E-state index in [9.17, 15) is 9.90 Å². The van der Waals surface area contributed by atoms with Crippen molar-refractivity contribution in [3.63, 3.8) is 0 Å². The zero-order chi connectivity index (χ0) is 15.8. The fraction of sp³-hybridized carbons (Fsp3) is 0.526. The first-order valence-electron chi connectivity index (χ1n) is 8.81. The van der Waals surface area contributed by atoms with Gasteiger partial charge in [0.05, 0.1) is 0 Å². The Morgan fingerprint density at radius 1 is 1.30 bits per heavy atom. The van der Waals surface area contributed by atoms with Gasteiger partial charge in [0.15, 0.2) is 0 Å². The van der Waals surface area contributed by atoms with Gasteiger partial charge < -0.3 is 15.4 Å². The first kappa shape index (κ1) is 14.8. The second kappa shape index (κ2) is 6.00. The van der Waals surface area contributed by atoms with Gasteiger partial charge in [-0.3, -0.25) is 4.79 Å². The molecule has 0 radical (unpaired) electrons. The molecule has 1 amide bonds. The van der Waals surface area contributed by atoms with Gasteiger partial charge in [-0.2, -0.15) is 0 Å². The lowest BCUT2D eigenvalue weighted by atomic mass is 9.95. The number of hydrogen-bond acceptors (Lipinski definition) is 2. The van der Waals surface area contributed by atoms with Crippen LogP contribution in [0.1, 0.15) is 53.7 Å². The van der Waals surface area contributed by atoms with Crippen LogP contribution in [0.5, 0.6) is 0 Å². The minimum Gasteiger partial charge on any atom is -0.396 e. The van der Waals surface area contributed by atoms with Crippen LogP contribution in [-0.4, -0.2) is 28.6 Å². The third-order valence-electron chi connectivity index (χ3n) is 5.31. The van der Waals surface area contributed by atoms with Gasteiger partial charge in [-0.05, 0) is 74.6 Å². The molecule has 1 aromatic heterocycles. The van der Waals surface area contributed by atoms with Crippen molar-refractivity contribution >= 4 is 16.8 Å². The van der Waals surface area contributed by atoms with E-state index < -0.39 is 0 Å². The summed E-state index contributed by atoms with van der Waals surface area (Å²) in [5.74, 6) is 0.540. The van der Waals surface area contributed by atoms with E-state index in [0.717, 1.165) is 36.8 Å². The number of aliphatic hydroxyl groups is 1. The number of nitrogens with one attached hydrogen (secondary N) is 2. The highest BCUT2D eigenvalue weighted by Gasteiger charge is 2.32. The van der Waals surface area contributed by atoms with Crippen molar-refractivity contribution in [3.05, 3.63) is 35.0 Å². The molecule has 1 heterocycles. The van der Waals surface area contributed by atoms with Gasteiger partial charge in [-0.15, -0.1) is 0 Å². The summed E-state index contributed by atoms with van der Waals surface area (Å²) in [7, 11) is 0. The van der Waals surface area contributed by atoms with E-state index in [-0.39, 0.29) is 18.6 Å². The van der Waals surface area contributed by atoms with Crippen molar-refractivity contribution in [2.24, 2.45) is 5.92 Å². The maximum Gasteiger partial charge on any atom is 0.251 e. The number of carbonyl (C=O) groups excluding carboxylic acids is 1. The van der Waals surface area contributed by atoms with E-state index in [1.54, 1.807) is 0 Å². The van der Waals surface area contributed by atoms with Crippen molar-refractivity contribution in [2.75, 3.05) is 6.61 Å². The molecule has 0 saturated heterocycles. The zero-order valence-electron chi connectivity index (χ0n) is 13.4. The van der Waals surface area contributed by atoms with Crippen LogP contribution in [0.3, 0.4) is 0 Å². The molecule has 1 aromatic carbocycles. The Morgan fingerprint density at radius 3 is 2.91 bits per heavy atom. The van der Waals surface area contributed by atoms with Crippen molar-refractivity contribution in [1.82, 2.24) is 10.3 Å². The lowest BCUT2D eigenvalue weighted by molar-refractivity contribution is 0.0924. The molecule has 4 nitrogen and oxygen atoms in total. The normalized spacial score (nSPS) is 18.7. The van der Waals surface area contributed by atoms with Gasteiger partial charge in [-0.1, -0.05) is 0 Å². The van der Waals surface area contributed by atoms with Gasteiger partial charge in [0, 0.05) is 34.8 Å². The van der Waals surface area contributed by atoms with E-state index in [1.165, 1.54) is 29.5 Å². The number of aromatic nitrogens is 1. The van der Waals surface area contributed by atoms with Crippen LogP contribution < -0.4 is 5.32 Å². The summed E-state index contributed by atoms with van der Waals surface area (Å²) in [4.78, 5) is 16.1. The average molecular weight is 312 g/mol. The quantitative estimate of drug-likeness (QED) is 0.795. The monoisotopic (exact) mass is 312 g/mol. The van der Waals surface area contributed by atoms with Crippen LogP contribution in [0.25, 0.3) is 10.9 Å². The molecule has 122 valence electrons. The summed E-state index contributed by atoms with van der Waals surface area (Å²) in [5.41, 5.74) is 4.62. The summed E-state index contributed by atoms with van der Waals surface area (Å²) >= 11 is 0. The summed E-state index contributed by atoms with van der Waals surface area (Å²) < 4.78 is 0. The number of H-pyrrole nitrogens is 1. The van der Waals surface area contributed by atoms with E-state index in [1.807, 2.05) is 18.2 Å². The average Bonchev–Trinajstić information content (AvgIpc) is 3.35. The zero-order valence-corrected chi connectivity index (χ0v) is 13.4. The molecule has 0 bridgehead atoms. The molecule has 2 aromatic rings. The molecule has 4 heteroatoms. The highest BCUT2D eigenvalue weighted by atomic mass is 16.3. The van der Waals surface area contributed by atoms with E-state index in [0.29, 0.717) is 12.3 Å². The predicted molar refractivity (Wildman–Crippen MR) is 90.6 cm³/mol. The van der Waals surface area contributed by atoms with Crippen LogP contribution in [0.15, 0.2) is 18.2 Å². The van der Waals surface area contributed by atoms with E-state index >= 15 is 0 Å². The van der Waals surface area contributed by atoms with Crippen molar-refractivity contribution in [1.29, 1.82) is 0 Å². The maximum absolute atomic E-state index is 12.6. The topological polar surface area (TPSA) is 65.1 Å². The second-order valence-electron chi connectivity index (χ2n) is 6.98. The number of aliphatic hydroxyl groups excluding tert-OH is 1. The number of amides is 1. The Balaban J connectivity index is 1.59. The molecule has 23 heavy (non-hydrogen) atoms. The summed E-state index contributed by atoms with van der Waals surface area (Å²) in [6.45, 7) is 0.131. The summed E-state index contributed by atoms with van der Waals surface area (Å²) in [5, 5.41) is 13.5. The molecule has 2 aliphatic rings. The molecule has 1 fully saturated rings. The van der Waals surface area contributed by atoms with Crippen LogP contribution in [-0.2, 0) is 12.8 Å². The molecule has 0 aliphatic heterocycles. The first-order valence-corrected chi connectivity index (χ1v) is 8.81. The fourth-order valence-electron chi connectivity index (χ4n) is 3.86. The molecule has 3 N–H and O–H groups in total. The Kier molecular flexibility index (Phi) is 3.85. The Labute approximate surface area is 136 Å². The third kappa shape index (κ3) is 2.88. The van der Waals surface area contributed by atoms with Crippen LogP contribution >= 0.6 is 0 Å². The van der Waals surface area contributed by atoms with Crippen molar-refractivity contribution in [2.45, 2.75) is 51.0 Å². The second-order valence-corrected chi connectivity index (χ2v) is 6.98. The number of aromatic amines is 1. The fourth-order valence-corrected chi connectivity index (χ4v) is 3.86. The molecule has 1 unspecified atom stereocenters. The lowest BCUT2D eigenvalue weighted by Gasteiger charge is -2.17. The molecular formula is C19H24N2O2. The Hall–Kier alpha value is -1.81. The predicted octanol–water partition coefficient (Wildman–Crippen LogP) is 2.94. The standard InChI is InChI=1S/C19H24N2O2/c22-10-9-16(12-5-6-12)21-19(23)13-7-8-18-15(11-13)14-3-1-2-4-17(14)20-18/h7-8,11-12,16,20,22H,1-6,9-10H2,(H,21,23). The summed E-state index contributed by atoms with van der Waals surface area (Å²) in [6, 6.07) is 6.08. The number of aryl methyl sites for hydroxylation is 2. The number of hydrogen-bond donors (Lipinski definition) is 3. The Morgan fingerprint density at radius 2 is 2.13 bits per heavy atom. The molecule has 0 spiro atoms. The number of benzene rings is 1. The Bertz CT molecular complexity index is 730. The van der Waals surface area contributed by atoms with Crippen molar-refractivity contribution in [3.8, 4) is 0 Å². The van der Waals surface area contributed by atoms with Gasteiger partial charge >= 0.3 is 0 Å². The van der Waals surface area contributed by atoms with Crippen LogP contribution in [0.2, 0.25) is 0 Å². The SMILES string of the molecule is O=C(NC(CCO)C1CC1)c1ccc2[nH]c3c(c2c1)CCCC3. The summed E-state index contributed by atoms with van der Waals surface area (Å²) in [6.07, 6.45) is 7.68. The van der Waals surface area contributed by atoms with Gasteiger partial charge in [0.1, 0.15) is 0 Å². The smallest absolute Gasteiger partial charge is 0.251 e. The molecular weight excluding hydrogens is 288 g/mol. The highest BCUT2D eigenvalue weighted by Crippen LogP contribution is 2.34. The molecule has 2 aliphatic carbocycles. The lowest BCUT2D eigenvalue weighted by Crippen LogP contribution is -2.37.